The summed E-state index contributed by atoms with van der Waals surface area (Å²) in [4.78, 5) is 19.1. The van der Waals surface area contributed by atoms with Crippen molar-refractivity contribution in [2.45, 2.75) is 26.7 Å². The molecule has 0 saturated heterocycles. The molecule has 3 aromatic rings. The zero-order chi connectivity index (χ0) is 18.5. The average Bonchev–Trinajstić information content (AvgIpc) is 3.26. The van der Waals surface area contributed by atoms with Gasteiger partial charge in [-0.2, -0.15) is 0 Å². The molecule has 2 heterocycles. The predicted molar refractivity (Wildman–Crippen MR) is 104 cm³/mol. The average molecular weight is 367 g/mol. The fraction of sp³-hybridized carbons (Fsp3) is 0.250. The van der Waals surface area contributed by atoms with Gasteiger partial charge in [0.15, 0.2) is 5.13 Å². The number of hydrogen-bond acceptors (Lipinski definition) is 5. The number of thiazole rings is 1. The molecule has 1 amide bonds. The number of aromatic nitrogens is 2. The lowest BCUT2D eigenvalue weighted by Gasteiger charge is -2.18. The lowest BCUT2D eigenvalue weighted by molar-refractivity contribution is -0.118. The van der Waals surface area contributed by atoms with Crippen molar-refractivity contribution in [2.75, 3.05) is 11.4 Å². The molecule has 5 nitrogen and oxygen atoms in total. The van der Waals surface area contributed by atoms with Gasteiger partial charge in [-0.3, -0.25) is 9.69 Å². The number of nitrogens with zero attached hydrogens (tertiary/aromatic N) is 3. The van der Waals surface area contributed by atoms with E-state index >= 15 is 0 Å². The molecule has 134 valence electrons. The van der Waals surface area contributed by atoms with E-state index in [9.17, 15) is 4.79 Å². The van der Waals surface area contributed by atoms with Gasteiger partial charge in [-0.1, -0.05) is 41.6 Å². The second kappa shape index (κ2) is 8.10. The second-order valence-corrected chi connectivity index (χ2v) is 6.81. The molecule has 1 aromatic carbocycles. The van der Waals surface area contributed by atoms with Gasteiger partial charge in [0, 0.05) is 29.5 Å². The van der Waals surface area contributed by atoms with Gasteiger partial charge in [0.2, 0.25) is 5.91 Å². The first-order chi connectivity index (χ1) is 12.6. The number of carbonyl (C=O) groups is 1. The molecular formula is C20H21N3O2S. The molecule has 0 radical (unpaired) electrons. The van der Waals surface area contributed by atoms with Crippen molar-refractivity contribution in [3.8, 4) is 11.3 Å². The van der Waals surface area contributed by atoms with Crippen molar-refractivity contribution in [2.24, 2.45) is 0 Å². The molecule has 26 heavy (non-hydrogen) atoms. The maximum absolute atomic E-state index is 12.8. The van der Waals surface area contributed by atoms with Gasteiger partial charge in [0.1, 0.15) is 5.76 Å². The van der Waals surface area contributed by atoms with E-state index < -0.39 is 0 Å². The summed E-state index contributed by atoms with van der Waals surface area (Å²) in [5, 5.41) is 6.61. The van der Waals surface area contributed by atoms with E-state index in [4.69, 9.17) is 4.52 Å². The van der Waals surface area contributed by atoms with E-state index in [2.05, 4.69) is 16.7 Å². The third-order valence-electron chi connectivity index (χ3n) is 4.18. The van der Waals surface area contributed by atoms with Gasteiger partial charge < -0.3 is 4.52 Å². The number of rotatable bonds is 7. The quantitative estimate of drug-likeness (QED) is 0.574. The zero-order valence-corrected chi connectivity index (χ0v) is 15.8. The Morgan fingerprint density at radius 3 is 2.73 bits per heavy atom. The molecule has 0 N–H and O–H groups in total. The molecule has 0 spiro atoms. The number of carbonyl (C=O) groups excluding carboxylic acids is 1. The Labute approximate surface area is 157 Å². The summed E-state index contributed by atoms with van der Waals surface area (Å²) in [5.74, 6) is 0.782. The maximum Gasteiger partial charge on any atom is 0.229 e. The summed E-state index contributed by atoms with van der Waals surface area (Å²) < 4.78 is 5.17. The van der Waals surface area contributed by atoms with Gasteiger partial charge in [-0.25, -0.2) is 4.98 Å². The van der Waals surface area contributed by atoms with Crippen LogP contribution in [0.15, 0.2) is 52.9 Å². The van der Waals surface area contributed by atoms with E-state index in [1.807, 2.05) is 49.6 Å². The molecule has 0 saturated carbocycles. The molecule has 0 bridgehead atoms. The summed E-state index contributed by atoms with van der Waals surface area (Å²) in [6.45, 7) is 7.97. The molecular weight excluding hydrogens is 346 g/mol. The number of hydrogen-bond donors (Lipinski definition) is 0. The van der Waals surface area contributed by atoms with Crippen LogP contribution in [0.25, 0.3) is 11.3 Å². The third kappa shape index (κ3) is 3.91. The number of amides is 1. The maximum atomic E-state index is 12.8. The van der Waals surface area contributed by atoms with Crippen LogP contribution in [0.3, 0.4) is 0 Å². The third-order valence-corrected chi connectivity index (χ3v) is 5.04. The molecule has 0 fully saturated rings. The molecule has 0 atom stereocenters. The number of benzene rings is 1. The molecule has 0 aliphatic carbocycles. The first kappa shape index (κ1) is 18.1. The van der Waals surface area contributed by atoms with Gasteiger partial charge in [0.25, 0.3) is 0 Å². The summed E-state index contributed by atoms with van der Waals surface area (Å²) in [5.41, 5.74) is 3.75. The first-order valence-corrected chi connectivity index (χ1v) is 9.32. The fourth-order valence-electron chi connectivity index (χ4n) is 2.77. The zero-order valence-electron chi connectivity index (χ0n) is 14.9. The Morgan fingerprint density at radius 1 is 1.31 bits per heavy atom. The molecule has 0 aliphatic heterocycles. The molecule has 2 aromatic heterocycles. The predicted octanol–water partition coefficient (Wildman–Crippen LogP) is 4.57. The van der Waals surface area contributed by atoms with Crippen LogP contribution in [0.2, 0.25) is 0 Å². The van der Waals surface area contributed by atoms with E-state index in [0.29, 0.717) is 24.5 Å². The molecule has 0 aliphatic rings. The lowest BCUT2D eigenvalue weighted by atomic mass is 10.1. The molecule has 3 rings (SSSR count). The highest BCUT2D eigenvalue weighted by Gasteiger charge is 2.20. The Kier molecular flexibility index (Phi) is 5.63. The van der Waals surface area contributed by atoms with Crippen molar-refractivity contribution in [3.63, 3.8) is 0 Å². The largest absolute Gasteiger partial charge is 0.361 e. The van der Waals surface area contributed by atoms with Crippen LogP contribution in [-0.4, -0.2) is 22.6 Å². The van der Waals surface area contributed by atoms with E-state index in [1.54, 1.807) is 11.0 Å². The standard InChI is InChI=1S/C20H21N3O2S/c1-4-12-23(19(24)11-10-17-14(2)22-25-15(17)3)20-21-18(13-26-20)16-8-6-5-7-9-16/h4-9,13H,1,10-12H2,2-3H3. The minimum absolute atomic E-state index is 0.0128. The van der Waals surface area contributed by atoms with Crippen LogP contribution >= 0.6 is 11.3 Å². The van der Waals surface area contributed by atoms with Crippen molar-refractivity contribution in [3.05, 3.63) is 65.4 Å². The second-order valence-electron chi connectivity index (χ2n) is 5.98. The Hall–Kier alpha value is -2.73. The van der Waals surface area contributed by atoms with Crippen LogP contribution in [0.1, 0.15) is 23.4 Å². The fourth-order valence-corrected chi connectivity index (χ4v) is 3.63. The smallest absolute Gasteiger partial charge is 0.229 e. The molecule has 6 heteroatoms. The van der Waals surface area contributed by atoms with Gasteiger partial charge in [-0.05, 0) is 20.3 Å². The number of anilines is 1. The monoisotopic (exact) mass is 367 g/mol. The van der Waals surface area contributed by atoms with E-state index in [0.717, 1.165) is 28.3 Å². The summed E-state index contributed by atoms with van der Waals surface area (Å²) in [6, 6.07) is 9.94. The minimum Gasteiger partial charge on any atom is -0.361 e. The van der Waals surface area contributed by atoms with Gasteiger partial charge in [0.05, 0.1) is 11.4 Å². The van der Waals surface area contributed by atoms with E-state index in [1.165, 1.54) is 11.3 Å². The highest BCUT2D eigenvalue weighted by atomic mass is 32.1. The SMILES string of the molecule is C=CCN(C(=O)CCc1c(C)noc1C)c1nc(-c2ccccc2)cs1. The van der Waals surface area contributed by atoms with Gasteiger partial charge in [-0.15, -0.1) is 17.9 Å². The van der Waals surface area contributed by atoms with Crippen molar-refractivity contribution < 1.29 is 9.32 Å². The Morgan fingerprint density at radius 2 is 2.08 bits per heavy atom. The number of aryl methyl sites for hydroxylation is 2. The van der Waals surface area contributed by atoms with E-state index in [-0.39, 0.29) is 5.91 Å². The topological polar surface area (TPSA) is 59.2 Å². The Balaban J connectivity index is 1.75. The van der Waals surface area contributed by atoms with Crippen molar-refractivity contribution in [1.29, 1.82) is 0 Å². The molecule has 0 unspecified atom stereocenters. The summed E-state index contributed by atoms with van der Waals surface area (Å²) >= 11 is 1.47. The minimum atomic E-state index is 0.0128. The van der Waals surface area contributed by atoms with Crippen LogP contribution < -0.4 is 4.90 Å². The van der Waals surface area contributed by atoms with Crippen molar-refractivity contribution >= 4 is 22.4 Å². The first-order valence-electron chi connectivity index (χ1n) is 8.44. The van der Waals surface area contributed by atoms with Crippen LogP contribution in [0.5, 0.6) is 0 Å². The van der Waals surface area contributed by atoms with Crippen molar-refractivity contribution in [1.82, 2.24) is 10.1 Å². The Bertz CT molecular complexity index is 879. The van der Waals surface area contributed by atoms with Crippen LogP contribution in [0.4, 0.5) is 5.13 Å². The van der Waals surface area contributed by atoms with Gasteiger partial charge >= 0.3 is 0 Å². The highest BCUT2D eigenvalue weighted by molar-refractivity contribution is 7.14. The lowest BCUT2D eigenvalue weighted by Crippen LogP contribution is -2.31. The highest BCUT2D eigenvalue weighted by Crippen LogP contribution is 2.28. The normalized spacial score (nSPS) is 10.7. The van der Waals surface area contributed by atoms with Crippen LogP contribution in [0, 0.1) is 13.8 Å². The summed E-state index contributed by atoms with van der Waals surface area (Å²) in [7, 11) is 0. The van der Waals surface area contributed by atoms with Crippen LogP contribution in [-0.2, 0) is 11.2 Å². The summed E-state index contributed by atoms with van der Waals surface area (Å²) in [6.07, 6.45) is 2.69.